The smallest absolute Gasteiger partial charge is 0.416 e. The second-order valence-corrected chi connectivity index (χ2v) is 7.49. The van der Waals surface area contributed by atoms with Crippen molar-refractivity contribution in [2.24, 2.45) is 0 Å². The van der Waals surface area contributed by atoms with Gasteiger partial charge < -0.3 is 10.1 Å². The van der Waals surface area contributed by atoms with E-state index in [1.165, 1.54) is 18.5 Å². The second-order valence-electron chi connectivity index (χ2n) is 6.23. The van der Waals surface area contributed by atoms with Gasteiger partial charge >= 0.3 is 12.1 Å². The molecule has 30 heavy (non-hydrogen) atoms. The SMILES string of the molecule is O=C(O)c1cnc(-c2ccc(-c3nc4c(Br)cc(C(F)(F)F)cc4[nH]3)nc2)c(Cl)c1. The molecule has 3 heterocycles. The van der Waals surface area contributed by atoms with Gasteiger partial charge in [0.25, 0.3) is 0 Å². The van der Waals surface area contributed by atoms with Gasteiger partial charge in [-0.05, 0) is 46.3 Å². The van der Waals surface area contributed by atoms with E-state index in [4.69, 9.17) is 16.7 Å². The molecule has 0 saturated carbocycles. The molecule has 152 valence electrons. The summed E-state index contributed by atoms with van der Waals surface area (Å²) in [6.07, 6.45) is -1.83. The Morgan fingerprint density at radius 2 is 1.90 bits per heavy atom. The predicted molar refractivity (Wildman–Crippen MR) is 107 cm³/mol. The van der Waals surface area contributed by atoms with Crippen molar-refractivity contribution in [2.75, 3.05) is 0 Å². The van der Waals surface area contributed by atoms with Gasteiger partial charge in [-0.2, -0.15) is 13.2 Å². The first kappa shape index (κ1) is 20.3. The monoisotopic (exact) mass is 496 g/mol. The van der Waals surface area contributed by atoms with Crippen molar-refractivity contribution in [3.63, 3.8) is 0 Å². The molecule has 0 bridgehead atoms. The van der Waals surface area contributed by atoms with Crippen LogP contribution in [0.2, 0.25) is 5.02 Å². The van der Waals surface area contributed by atoms with E-state index in [-0.39, 0.29) is 26.4 Å². The molecule has 0 fully saturated rings. The molecule has 11 heteroatoms. The second kappa shape index (κ2) is 7.37. The molecule has 0 aliphatic rings. The number of hydrogen-bond donors (Lipinski definition) is 2. The zero-order valence-corrected chi connectivity index (χ0v) is 17.0. The van der Waals surface area contributed by atoms with E-state index < -0.39 is 17.7 Å². The molecule has 4 aromatic rings. The third kappa shape index (κ3) is 3.75. The number of halogens is 5. The van der Waals surface area contributed by atoms with Gasteiger partial charge in [0.05, 0.1) is 27.4 Å². The minimum absolute atomic E-state index is 0.0422. The zero-order chi connectivity index (χ0) is 21.6. The van der Waals surface area contributed by atoms with E-state index in [2.05, 4.69) is 35.9 Å². The summed E-state index contributed by atoms with van der Waals surface area (Å²) >= 11 is 9.24. The fraction of sp³-hybridized carbons (Fsp3) is 0.0526. The molecular formula is C19H9BrClF3N4O2. The number of H-pyrrole nitrogens is 1. The number of rotatable bonds is 3. The van der Waals surface area contributed by atoms with Gasteiger partial charge in [-0.3, -0.25) is 9.97 Å². The number of carbonyl (C=O) groups is 1. The number of imidazole rings is 1. The minimum atomic E-state index is -4.48. The number of alkyl halides is 3. The van der Waals surface area contributed by atoms with Crippen LogP contribution in [-0.4, -0.2) is 31.0 Å². The van der Waals surface area contributed by atoms with Crippen LogP contribution in [0, 0.1) is 0 Å². The maximum atomic E-state index is 13.0. The highest BCUT2D eigenvalue weighted by Gasteiger charge is 2.31. The van der Waals surface area contributed by atoms with Crippen molar-refractivity contribution >= 4 is 44.5 Å². The van der Waals surface area contributed by atoms with Crippen molar-refractivity contribution < 1.29 is 23.1 Å². The van der Waals surface area contributed by atoms with Gasteiger partial charge in [-0.1, -0.05) is 11.6 Å². The Morgan fingerprint density at radius 3 is 2.50 bits per heavy atom. The highest BCUT2D eigenvalue weighted by atomic mass is 79.9. The lowest BCUT2D eigenvalue weighted by molar-refractivity contribution is -0.137. The van der Waals surface area contributed by atoms with Gasteiger partial charge in [-0.25, -0.2) is 9.78 Å². The lowest BCUT2D eigenvalue weighted by Gasteiger charge is -2.06. The van der Waals surface area contributed by atoms with Crippen LogP contribution in [0.4, 0.5) is 13.2 Å². The van der Waals surface area contributed by atoms with E-state index >= 15 is 0 Å². The Hall–Kier alpha value is -2.98. The van der Waals surface area contributed by atoms with Crippen molar-refractivity contribution in [3.05, 3.63) is 63.3 Å². The van der Waals surface area contributed by atoms with Crippen LogP contribution in [0.5, 0.6) is 0 Å². The lowest BCUT2D eigenvalue weighted by Crippen LogP contribution is -2.04. The van der Waals surface area contributed by atoms with Gasteiger partial charge in [0, 0.05) is 22.4 Å². The topological polar surface area (TPSA) is 91.8 Å². The summed E-state index contributed by atoms with van der Waals surface area (Å²) < 4.78 is 39.3. The summed E-state index contributed by atoms with van der Waals surface area (Å²) in [5, 5.41) is 9.14. The number of pyridine rings is 2. The van der Waals surface area contributed by atoms with Crippen LogP contribution in [0.25, 0.3) is 33.8 Å². The lowest BCUT2D eigenvalue weighted by atomic mass is 10.1. The summed E-state index contributed by atoms with van der Waals surface area (Å²) in [5.74, 6) is -0.856. The largest absolute Gasteiger partial charge is 0.478 e. The maximum absolute atomic E-state index is 13.0. The molecule has 0 aliphatic carbocycles. The molecule has 2 N–H and O–H groups in total. The highest BCUT2D eigenvalue weighted by molar-refractivity contribution is 9.10. The van der Waals surface area contributed by atoms with Crippen LogP contribution in [0.3, 0.4) is 0 Å². The molecule has 0 aliphatic heterocycles. The fourth-order valence-electron chi connectivity index (χ4n) is 2.80. The first-order valence-corrected chi connectivity index (χ1v) is 9.42. The number of aromatic carboxylic acids is 1. The van der Waals surface area contributed by atoms with Crippen LogP contribution >= 0.6 is 27.5 Å². The Balaban J connectivity index is 1.70. The van der Waals surface area contributed by atoms with E-state index in [0.717, 1.165) is 12.1 Å². The Bertz CT molecular complexity index is 1290. The summed E-state index contributed by atoms with van der Waals surface area (Å²) in [7, 11) is 0. The molecule has 0 saturated heterocycles. The van der Waals surface area contributed by atoms with E-state index in [1.807, 2.05) is 0 Å². The van der Waals surface area contributed by atoms with Gasteiger partial charge in [0.2, 0.25) is 0 Å². The summed E-state index contributed by atoms with van der Waals surface area (Å²) in [5.41, 5.74) is 1.00. The summed E-state index contributed by atoms with van der Waals surface area (Å²) in [6.45, 7) is 0. The van der Waals surface area contributed by atoms with E-state index in [1.54, 1.807) is 12.1 Å². The Morgan fingerprint density at radius 1 is 1.13 bits per heavy atom. The molecule has 0 amide bonds. The fourth-order valence-corrected chi connectivity index (χ4v) is 3.63. The van der Waals surface area contributed by atoms with E-state index in [0.29, 0.717) is 22.5 Å². The normalized spacial score (nSPS) is 11.8. The number of carboxylic acids is 1. The molecule has 3 aromatic heterocycles. The van der Waals surface area contributed by atoms with E-state index in [9.17, 15) is 18.0 Å². The molecule has 0 unspecified atom stereocenters. The number of nitrogens with zero attached hydrogens (tertiary/aromatic N) is 3. The predicted octanol–water partition coefficient (Wildman–Crippen LogP) is 5.82. The number of aromatic nitrogens is 4. The van der Waals surface area contributed by atoms with Crippen LogP contribution in [0.1, 0.15) is 15.9 Å². The molecule has 6 nitrogen and oxygen atoms in total. The molecule has 4 rings (SSSR count). The Labute approximate surface area is 179 Å². The molecule has 0 spiro atoms. The van der Waals surface area contributed by atoms with Crippen molar-refractivity contribution in [3.8, 4) is 22.8 Å². The van der Waals surface area contributed by atoms with Gasteiger partial charge in [-0.15, -0.1) is 0 Å². The standard InChI is InChI=1S/C19H9BrClF3N4O2/c20-11-4-10(19(22,23)24)5-14-16(11)28-17(27-14)13-2-1-8(6-25-13)15-12(21)3-9(7-26-15)18(29)30/h1-7H,(H,27,28)(H,29,30). The third-order valence-corrected chi connectivity index (χ3v) is 5.13. The number of fused-ring (bicyclic) bond motifs is 1. The maximum Gasteiger partial charge on any atom is 0.416 e. The van der Waals surface area contributed by atoms with Gasteiger partial charge in [0.1, 0.15) is 11.2 Å². The highest BCUT2D eigenvalue weighted by Crippen LogP contribution is 2.35. The molecular weight excluding hydrogens is 489 g/mol. The summed E-state index contributed by atoms with van der Waals surface area (Å²) in [4.78, 5) is 26.5. The quantitative estimate of drug-likeness (QED) is 0.372. The van der Waals surface area contributed by atoms with Gasteiger partial charge in [0.15, 0.2) is 5.82 Å². The number of benzene rings is 1. The first-order valence-electron chi connectivity index (χ1n) is 8.25. The average Bonchev–Trinajstić information content (AvgIpc) is 3.12. The van der Waals surface area contributed by atoms with Crippen LogP contribution in [0.15, 0.2) is 47.2 Å². The average molecular weight is 498 g/mol. The zero-order valence-electron chi connectivity index (χ0n) is 14.6. The third-order valence-electron chi connectivity index (χ3n) is 4.24. The van der Waals surface area contributed by atoms with Crippen LogP contribution in [-0.2, 0) is 6.18 Å². The van der Waals surface area contributed by atoms with Crippen molar-refractivity contribution in [1.82, 2.24) is 19.9 Å². The minimum Gasteiger partial charge on any atom is -0.478 e. The van der Waals surface area contributed by atoms with Crippen molar-refractivity contribution in [1.29, 1.82) is 0 Å². The first-order chi connectivity index (χ1) is 14.1. The Kier molecular flexibility index (Phi) is 4.99. The molecule has 0 atom stereocenters. The molecule has 1 aromatic carbocycles. The molecule has 0 radical (unpaired) electrons. The number of carboxylic acid groups (broad SMARTS) is 1. The number of aromatic amines is 1. The number of hydrogen-bond acceptors (Lipinski definition) is 4. The number of nitrogens with one attached hydrogen (secondary N) is 1. The van der Waals surface area contributed by atoms with Crippen molar-refractivity contribution in [2.45, 2.75) is 6.18 Å². The summed E-state index contributed by atoms with van der Waals surface area (Å²) in [6, 6.07) is 6.50. The van der Waals surface area contributed by atoms with Crippen LogP contribution < -0.4 is 0 Å².